The van der Waals surface area contributed by atoms with Gasteiger partial charge in [0.25, 0.3) is 10.0 Å². The average Bonchev–Trinajstić information content (AvgIpc) is 3.16. The highest BCUT2D eigenvalue weighted by Gasteiger charge is 2.26. The van der Waals surface area contributed by atoms with Crippen molar-refractivity contribution in [2.45, 2.75) is 55.9 Å². The summed E-state index contributed by atoms with van der Waals surface area (Å²) in [6, 6.07) is 7.16. The predicted molar refractivity (Wildman–Crippen MR) is 95.8 cm³/mol. The van der Waals surface area contributed by atoms with Gasteiger partial charge in [0.2, 0.25) is 5.13 Å². The van der Waals surface area contributed by atoms with Crippen LogP contribution in [-0.2, 0) is 10.0 Å². The first-order valence-corrected chi connectivity index (χ1v) is 10.4. The second-order valence-electron chi connectivity index (χ2n) is 6.48. The van der Waals surface area contributed by atoms with Gasteiger partial charge in [0.05, 0.1) is 4.90 Å². The van der Waals surface area contributed by atoms with Crippen LogP contribution in [0.25, 0.3) is 0 Å². The third kappa shape index (κ3) is 3.60. The number of anilines is 1. The number of hydrogen-bond acceptors (Lipinski definition) is 6. The second kappa shape index (κ2) is 6.78. The fraction of sp³-hybridized carbons (Fsp3) is 0.500. The van der Waals surface area contributed by atoms with E-state index in [2.05, 4.69) is 14.9 Å². The Morgan fingerprint density at radius 2 is 1.92 bits per heavy atom. The zero-order valence-electron chi connectivity index (χ0n) is 13.8. The number of sulfonamides is 1. The molecule has 0 saturated heterocycles. The van der Waals surface area contributed by atoms with Gasteiger partial charge in [0, 0.05) is 12.0 Å². The highest BCUT2D eigenvalue weighted by molar-refractivity contribution is 7.93. The minimum absolute atomic E-state index is 0.168. The molecule has 1 aromatic heterocycles. The molecule has 1 aliphatic rings. The Balaban J connectivity index is 1.76. The van der Waals surface area contributed by atoms with Gasteiger partial charge in [0.1, 0.15) is 5.01 Å². The van der Waals surface area contributed by atoms with Gasteiger partial charge >= 0.3 is 0 Å². The molecule has 1 aromatic carbocycles. The predicted octanol–water partition coefficient (Wildman–Crippen LogP) is 3.06. The molecule has 130 valence electrons. The fourth-order valence-corrected chi connectivity index (χ4v) is 4.96. The van der Waals surface area contributed by atoms with Crippen LogP contribution in [0.2, 0.25) is 0 Å². The Kier molecular flexibility index (Phi) is 4.89. The minimum Gasteiger partial charge on any atom is -0.327 e. The standard InChI is InChI=1S/C16H22N4O2S2/c1-10(2)15-18-19-16(23-15)20-24(21,22)12-8-6-11(7-9-12)13-4-3-5-14(13)17/h6-10,13-14H,3-5,17H2,1-2H3,(H,19,20)/t13-,14+/m0/s1. The largest absolute Gasteiger partial charge is 0.327 e. The Morgan fingerprint density at radius 1 is 1.21 bits per heavy atom. The van der Waals surface area contributed by atoms with Gasteiger partial charge in [-0.15, -0.1) is 10.2 Å². The molecule has 0 amide bonds. The first-order chi connectivity index (χ1) is 11.4. The van der Waals surface area contributed by atoms with Crippen molar-refractivity contribution < 1.29 is 8.42 Å². The van der Waals surface area contributed by atoms with Crippen molar-refractivity contribution in [2.24, 2.45) is 5.73 Å². The van der Waals surface area contributed by atoms with E-state index >= 15 is 0 Å². The third-order valence-corrected chi connectivity index (χ3v) is 6.97. The van der Waals surface area contributed by atoms with E-state index in [9.17, 15) is 8.42 Å². The molecule has 3 N–H and O–H groups in total. The summed E-state index contributed by atoms with van der Waals surface area (Å²) in [7, 11) is -3.65. The summed E-state index contributed by atoms with van der Waals surface area (Å²) in [5.74, 6) is 0.544. The van der Waals surface area contributed by atoms with Gasteiger partial charge in [-0.2, -0.15) is 0 Å². The van der Waals surface area contributed by atoms with E-state index in [1.165, 1.54) is 11.3 Å². The lowest BCUT2D eigenvalue weighted by Gasteiger charge is -2.16. The van der Waals surface area contributed by atoms with Gasteiger partial charge in [-0.1, -0.05) is 43.7 Å². The summed E-state index contributed by atoms with van der Waals surface area (Å²) >= 11 is 1.26. The van der Waals surface area contributed by atoms with E-state index in [-0.39, 0.29) is 16.9 Å². The van der Waals surface area contributed by atoms with Crippen molar-refractivity contribution in [3.05, 3.63) is 34.8 Å². The van der Waals surface area contributed by atoms with Crippen molar-refractivity contribution >= 4 is 26.5 Å². The first-order valence-electron chi connectivity index (χ1n) is 8.08. The first kappa shape index (κ1) is 17.3. The van der Waals surface area contributed by atoms with Crippen LogP contribution in [0, 0.1) is 0 Å². The average molecular weight is 367 g/mol. The molecule has 1 fully saturated rings. The summed E-state index contributed by atoms with van der Waals surface area (Å²) in [4.78, 5) is 0.221. The summed E-state index contributed by atoms with van der Waals surface area (Å²) < 4.78 is 27.5. The van der Waals surface area contributed by atoms with Crippen LogP contribution < -0.4 is 10.5 Å². The molecule has 1 heterocycles. The fourth-order valence-electron chi connectivity index (χ4n) is 2.98. The quantitative estimate of drug-likeness (QED) is 0.847. The number of hydrogen-bond donors (Lipinski definition) is 2. The molecular weight excluding hydrogens is 344 g/mol. The molecule has 0 aliphatic heterocycles. The lowest BCUT2D eigenvalue weighted by atomic mass is 9.95. The molecule has 0 unspecified atom stereocenters. The monoisotopic (exact) mass is 366 g/mol. The second-order valence-corrected chi connectivity index (χ2v) is 9.17. The Hall–Kier alpha value is -1.51. The molecule has 2 aromatic rings. The van der Waals surface area contributed by atoms with Gasteiger partial charge in [-0.3, -0.25) is 4.72 Å². The minimum atomic E-state index is -3.65. The Labute approximate surface area is 146 Å². The summed E-state index contributed by atoms with van der Waals surface area (Å²) in [5.41, 5.74) is 7.23. The lowest BCUT2D eigenvalue weighted by Crippen LogP contribution is -2.22. The zero-order valence-corrected chi connectivity index (χ0v) is 15.4. The van der Waals surface area contributed by atoms with Crippen LogP contribution in [0.4, 0.5) is 5.13 Å². The molecule has 0 spiro atoms. The van der Waals surface area contributed by atoms with Gasteiger partial charge < -0.3 is 5.73 Å². The van der Waals surface area contributed by atoms with Crippen LogP contribution in [0.1, 0.15) is 55.5 Å². The van der Waals surface area contributed by atoms with E-state index in [1.807, 2.05) is 26.0 Å². The highest BCUT2D eigenvalue weighted by atomic mass is 32.2. The molecule has 6 nitrogen and oxygen atoms in total. The number of rotatable bonds is 5. The van der Waals surface area contributed by atoms with Crippen molar-refractivity contribution in [3.8, 4) is 0 Å². The van der Waals surface area contributed by atoms with Crippen molar-refractivity contribution in [2.75, 3.05) is 4.72 Å². The van der Waals surface area contributed by atoms with E-state index in [4.69, 9.17) is 5.73 Å². The summed E-state index contributed by atoms with van der Waals surface area (Å²) in [6.45, 7) is 3.98. The lowest BCUT2D eigenvalue weighted by molar-refractivity contribution is 0.600. The number of nitrogens with two attached hydrogens (primary N) is 1. The number of benzene rings is 1. The summed E-state index contributed by atoms with van der Waals surface area (Å²) in [5, 5.41) is 8.99. The maximum Gasteiger partial charge on any atom is 0.263 e. The normalized spacial score (nSPS) is 21.3. The molecule has 1 saturated carbocycles. The van der Waals surface area contributed by atoms with E-state index in [1.54, 1.807) is 12.1 Å². The third-order valence-electron chi connectivity index (χ3n) is 4.34. The SMILES string of the molecule is CC(C)c1nnc(NS(=O)(=O)c2ccc([C@@H]3CCC[C@H]3N)cc2)s1. The molecular formula is C16H22N4O2S2. The molecule has 0 bridgehead atoms. The van der Waals surface area contributed by atoms with Crippen LogP contribution in [0.15, 0.2) is 29.2 Å². The Morgan fingerprint density at radius 3 is 2.46 bits per heavy atom. The Bertz CT molecular complexity index is 800. The maximum absolute atomic E-state index is 12.5. The van der Waals surface area contributed by atoms with Crippen LogP contribution in [0.3, 0.4) is 0 Å². The van der Waals surface area contributed by atoms with Crippen LogP contribution in [-0.4, -0.2) is 24.7 Å². The smallest absolute Gasteiger partial charge is 0.263 e. The molecule has 0 radical (unpaired) electrons. The van der Waals surface area contributed by atoms with E-state index < -0.39 is 10.0 Å². The molecule has 2 atom stereocenters. The zero-order chi connectivity index (χ0) is 17.3. The summed E-state index contributed by atoms with van der Waals surface area (Å²) in [6.07, 6.45) is 3.22. The van der Waals surface area contributed by atoms with E-state index in [0.29, 0.717) is 11.0 Å². The molecule has 3 rings (SSSR count). The molecule has 1 aliphatic carbocycles. The van der Waals surface area contributed by atoms with Crippen LogP contribution >= 0.6 is 11.3 Å². The number of nitrogens with one attached hydrogen (secondary N) is 1. The maximum atomic E-state index is 12.5. The number of aromatic nitrogens is 2. The van der Waals surface area contributed by atoms with Crippen LogP contribution in [0.5, 0.6) is 0 Å². The van der Waals surface area contributed by atoms with E-state index in [0.717, 1.165) is 29.8 Å². The van der Waals surface area contributed by atoms with Gasteiger partial charge in [-0.25, -0.2) is 8.42 Å². The van der Waals surface area contributed by atoms with Gasteiger partial charge in [0.15, 0.2) is 0 Å². The van der Waals surface area contributed by atoms with Gasteiger partial charge in [-0.05, 0) is 36.5 Å². The topological polar surface area (TPSA) is 98.0 Å². The highest BCUT2D eigenvalue weighted by Crippen LogP contribution is 2.34. The van der Waals surface area contributed by atoms with Crippen molar-refractivity contribution in [1.29, 1.82) is 0 Å². The van der Waals surface area contributed by atoms with Crippen molar-refractivity contribution in [3.63, 3.8) is 0 Å². The van der Waals surface area contributed by atoms with Crippen molar-refractivity contribution in [1.82, 2.24) is 10.2 Å². The molecule has 8 heteroatoms. The number of nitrogens with zero attached hydrogens (tertiary/aromatic N) is 2. The molecule has 24 heavy (non-hydrogen) atoms.